The van der Waals surface area contributed by atoms with Gasteiger partial charge in [0.05, 0.1) is 6.42 Å². The van der Waals surface area contributed by atoms with Gasteiger partial charge in [-0.1, -0.05) is 30.3 Å². The zero-order chi connectivity index (χ0) is 14.5. The first-order valence-electron chi connectivity index (χ1n) is 5.43. The van der Waals surface area contributed by atoms with Gasteiger partial charge in [-0.15, -0.1) is 0 Å². The quantitative estimate of drug-likeness (QED) is 0.866. The number of hydrogen-bond donors (Lipinski definition) is 2. The van der Waals surface area contributed by atoms with Crippen molar-refractivity contribution in [1.82, 2.24) is 5.32 Å². The third-order valence-corrected chi connectivity index (χ3v) is 2.32. The minimum Gasteiger partial charge on any atom is -0.479 e. The molecule has 0 aromatic heterocycles. The lowest BCUT2D eigenvalue weighted by molar-refractivity contribution is -0.147. The number of carbonyl (C=O) groups is 2. The maximum Gasteiger partial charge on any atom is 0.389 e. The number of aliphatic carboxylic acids is 1. The van der Waals surface area contributed by atoms with Crippen molar-refractivity contribution in [1.29, 1.82) is 0 Å². The molecule has 2 N–H and O–H groups in total. The third kappa shape index (κ3) is 5.41. The van der Waals surface area contributed by atoms with Gasteiger partial charge in [0.1, 0.15) is 0 Å². The van der Waals surface area contributed by atoms with Crippen LogP contribution in [-0.2, 0) is 9.59 Å². The summed E-state index contributed by atoms with van der Waals surface area (Å²) in [6.07, 6.45) is -6.51. The number of carboxylic acids is 1. The van der Waals surface area contributed by atoms with Gasteiger partial charge in [-0.3, -0.25) is 4.79 Å². The first kappa shape index (κ1) is 15.0. The van der Waals surface area contributed by atoms with Gasteiger partial charge in [0.2, 0.25) is 5.91 Å². The largest absolute Gasteiger partial charge is 0.479 e. The SMILES string of the molecule is O=C(CCC(F)(F)F)NC(C(=O)O)c1ccccc1. The molecule has 1 aromatic carbocycles. The van der Waals surface area contributed by atoms with Crippen molar-refractivity contribution < 1.29 is 27.9 Å². The van der Waals surface area contributed by atoms with Crippen LogP contribution in [0.25, 0.3) is 0 Å². The smallest absolute Gasteiger partial charge is 0.389 e. The van der Waals surface area contributed by atoms with Crippen molar-refractivity contribution in [3.05, 3.63) is 35.9 Å². The van der Waals surface area contributed by atoms with E-state index in [2.05, 4.69) is 5.32 Å². The lowest BCUT2D eigenvalue weighted by atomic mass is 10.1. The van der Waals surface area contributed by atoms with Crippen LogP contribution >= 0.6 is 0 Å². The molecule has 0 fully saturated rings. The zero-order valence-electron chi connectivity index (χ0n) is 9.78. The first-order chi connectivity index (χ1) is 8.79. The Kier molecular flexibility index (Phi) is 4.91. The van der Waals surface area contributed by atoms with Crippen molar-refractivity contribution >= 4 is 11.9 Å². The fourth-order valence-electron chi connectivity index (χ4n) is 1.42. The fourth-order valence-corrected chi connectivity index (χ4v) is 1.42. The zero-order valence-corrected chi connectivity index (χ0v) is 9.78. The van der Waals surface area contributed by atoms with Crippen LogP contribution in [0.2, 0.25) is 0 Å². The predicted octanol–water partition coefficient (Wildman–Crippen LogP) is 2.27. The molecule has 1 rings (SSSR count). The van der Waals surface area contributed by atoms with Gasteiger partial charge in [-0.05, 0) is 5.56 Å². The molecule has 1 unspecified atom stereocenters. The highest BCUT2D eigenvalue weighted by atomic mass is 19.4. The van der Waals surface area contributed by atoms with Crippen LogP contribution in [0.4, 0.5) is 13.2 Å². The van der Waals surface area contributed by atoms with Crippen molar-refractivity contribution in [3.63, 3.8) is 0 Å². The summed E-state index contributed by atoms with van der Waals surface area (Å²) < 4.78 is 35.8. The second-order valence-electron chi connectivity index (χ2n) is 3.86. The second-order valence-corrected chi connectivity index (χ2v) is 3.86. The van der Waals surface area contributed by atoms with Crippen molar-refractivity contribution in [3.8, 4) is 0 Å². The molecule has 0 spiro atoms. The minimum absolute atomic E-state index is 0.301. The Balaban J connectivity index is 2.65. The maximum absolute atomic E-state index is 11.9. The molecule has 104 valence electrons. The highest BCUT2D eigenvalue weighted by molar-refractivity contribution is 5.84. The number of amides is 1. The number of benzene rings is 1. The molecule has 0 heterocycles. The fraction of sp³-hybridized carbons (Fsp3) is 0.333. The highest BCUT2D eigenvalue weighted by Gasteiger charge is 2.29. The molecular weight excluding hydrogens is 263 g/mol. The molecule has 7 heteroatoms. The van der Waals surface area contributed by atoms with E-state index in [1.165, 1.54) is 12.1 Å². The number of halogens is 3. The Bertz CT molecular complexity index is 445. The number of alkyl halides is 3. The summed E-state index contributed by atoms with van der Waals surface area (Å²) in [5.74, 6) is -2.28. The van der Waals surface area contributed by atoms with Crippen molar-refractivity contribution in [2.75, 3.05) is 0 Å². The monoisotopic (exact) mass is 275 g/mol. The average molecular weight is 275 g/mol. The van der Waals surface area contributed by atoms with Crippen LogP contribution in [0.15, 0.2) is 30.3 Å². The summed E-state index contributed by atoms with van der Waals surface area (Å²) in [5.41, 5.74) is 0.301. The Hall–Kier alpha value is -2.05. The number of carboxylic acid groups (broad SMARTS) is 1. The van der Waals surface area contributed by atoms with Gasteiger partial charge in [0.15, 0.2) is 6.04 Å². The summed E-state index contributed by atoms with van der Waals surface area (Å²) in [6, 6.07) is 6.42. The Morgan fingerprint density at radius 3 is 2.26 bits per heavy atom. The van der Waals surface area contributed by atoms with E-state index < -0.39 is 36.9 Å². The summed E-state index contributed by atoms with van der Waals surface area (Å²) in [6.45, 7) is 0. The molecule has 1 amide bonds. The third-order valence-electron chi connectivity index (χ3n) is 2.32. The molecule has 0 aliphatic carbocycles. The van der Waals surface area contributed by atoms with Crippen LogP contribution in [0.5, 0.6) is 0 Å². The molecule has 0 aliphatic rings. The summed E-state index contributed by atoms with van der Waals surface area (Å²) in [7, 11) is 0. The van der Waals surface area contributed by atoms with E-state index in [1.807, 2.05) is 0 Å². The second kappa shape index (κ2) is 6.21. The molecule has 1 atom stereocenters. The Labute approximate surface area is 107 Å². The van der Waals surface area contributed by atoms with Gasteiger partial charge in [-0.25, -0.2) is 4.79 Å². The van der Waals surface area contributed by atoms with E-state index in [-0.39, 0.29) is 0 Å². The van der Waals surface area contributed by atoms with Crippen LogP contribution < -0.4 is 5.32 Å². The van der Waals surface area contributed by atoms with Gasteiger partial charge < -0.3 is 10.4 Å². The molecule has 0 radical (unpaired) electrons. The molecule has 0 saturated heterocycles. The van der Waals surface area contributed by atoms with Crippen LogP contribution in [0.1, 0.15) is 24.4 Å². The van der Waals surface area contributed by atoms with Crippen LogP contribution in [0.3, 0.4) is 0 Å². The van der Waals surface area contributed by atoms with Crippen LogP contribution in [0, 0.1) is 0 Å². The van der Waals surface area contributed by atoms with E-state index in [9.17, 15) is 22.8 Å². The number of nitrogens with one attached hydrogen (secondary N) is 1. The number of carbonyl (C=O) groups excluding carboxylic acids is 1. The standard InChI is InChI=1S/C12H12F3NO3/c13-12(14,15)7-6-9(17)16-10(11(18)19)8-4-2-1-3-5-8/h1-5,10H,6-7H2,(H,16,17)(H,18,19). The predicted molar refractivity (Wildman–Crippen MR) is 60.3 cm³/mol. The lowest BCUT2D eigenvalue weighted by Crippen LogP contribution is -2.34. The molecular formula is C12H12F3NO3. The molecule has 4 nitrogen and oxygen atoms in total. The molecule has 0 bridgehead atoms. The normalized spacial score (nSPS) is 12.8. The molecule has 0 aliphatic heterocycles. The molecule has 19 heavy (non-hydrogen) atoms. The van der Waals surface area contributed by atoms with E-state index in [0.29, 0.717) is 5.56 Å². The number of hydrogen-bond acceptors (Lipinski definition) is 2. The van der Waals surface area contributed by atoms with Gasteiger partial charge in [0, 0.05) is 6.42 Å². The summed E-state index contributed by atoms with van der Waals surface area (Å²) >= 11 is 0. The van der Waals surface area contributed by atoms with Gasteiger partial charge in [-0.2, -0.15) is 13.2 Å². The average Bonchev–Trinajstić information content (AvgIpc) is 2.33. The van der Waals surface area contributed by atoms with E-state index in [0.717, 1.165) is 0 Å². The van der Waals surface area contributed by atoms with Crippen molar-refractivity contribution in [2.45, 2.75) is 25.1 Å². The Morgan fingerprint density at radius 1 is 1.21 bits per heavy atom. The lowest BCUT2D eigenvalue weighted by Gasteiger charge is -2.15. The first-order valence-corrected chi connectivity index (χ1v) is 5.43. The van der Waals surface area contributed by atoms with Gasteiger partial charge >= 0.3 is 12.1 Å². The summed E-state index contributed by atoms with van der Waals surface area (Å²) in [4.78, 5) is 22.3. The van der Waals surface area contributed by atoms with E-state index >= 15 is 0 Å². The topological polar surface area (TPSA) is 66.4 Å². The molecule has 1 aromatic rings. The molecule has 0 saturated carbocycles. The van der Waals surface area contributed by atoms with Crippen LogP contribution in [-0.4, -0.2) is 23.2 Å². The highest BCUT2D eigenvalue weighted by Crippen LogP contribution is 2.21. The minimum atomic E-state index is -4.44. The van der Waals surface area contributed by atoms with Gasteiger partial charge in [0.25, 0.3) is 0 Å². The van der Waals surface area contributed by atoms with E-state index in [1.54, 1.807) is 18.2 Å². The van der Waals surface area contributed by atoms with Crippen molar-refractivity contribution in [2.24, 2.45) is 0 Å². The Morgan fingerprint density at radius 2 is 1.79 bits per heavy atom. The van der Waals surface area contributed by atoms with E-state index in [4.69, 9.17) is 5.11 Å². The number of rotatable bonds is 5. The maximum atomic E-state index is 11.9. The summed E-state index contributed by atoms with van der Waals surface area (Å²) in [5, 5.41) is 11.0.